The lowest BCUT2D eigenvalue weighted by Gasteiger charge is -2.36. The van der Waals surface area contributed by atoms with Gasteiger partial charge in [-0.1, -0.05) is 34.1 Å². The zero-order valence-electron chi connectivity index (χ0n) is 15.1. The molecular weight excluding hydrogens is 260 g/mol. The molecule has 0 spiro atoms. The van der Waals surface area contributed by atoms with Crippen LogP contribution in [0.25, 0.3) is 0 Å². The molecule has 2 unspecified atom stereocenters. The Morgan fingerprint density at radius 2 is 2.10 bits per heavy atom. The average molecular weight is 299 g/mol. The summed E-state index contributed by atoms with van der Waals surface area (Å²) in [6, 6.07) is 0. The van der Waals surface area contributed by atoms with Gasteiger partial charge in [0, 0.05) is 26.2 Å². The molecule has 1 N–H and O–H groups in total. The van der Waals surface area contributed by atoms with E-state index in [4.69, 9.17) is 4.74 Å². The van der Waals surface area contributed by atoms with Gasteiger partial charge in [-0.25, -0.2) is 0 Å². The SMILES string of the molecule is CCCC(C)(CNCC(C)C)CN(C)CC1CCCCO1. The van der Waals surface area contributed by atoms with Gasteiger partial charge in [-0.2, -0.15) is 0 Å². The number of likely N-dealkylation sites (N-methyl/N-ethyl adjacent to an activating group) is 1. The second kappa shape index (κ2) is 9.81. The van der Waals surface area contributed by atoms with Crippen molar-refractivity contribution in [3.8, 4) is 0 Å². The van der Waals surface area contributed by atoms with E-state index in [1.165, 1.54) is 32.1 Å². The first kappa shape index (κ1) is 18.9. The zero-order chi connectivity index (χ0) is 15.7. The van der Waals surface area contributed by atoms with Crippen LogP contribution in [0.2, 0.25) is 0 Å². The smallest absolute Gasteiger partial charge is 0.0701 e. The minimum absolute atomic E-state index is 0.368. The van der Waals surface area contributed by atoms with Crippen LogP contribution in [-0.4, -0.2) is 50.8 Å². The van der Waals surface area contributed by atoms with Crippen LogP contribution in [-0.2, 0) is 4.74 Å². The fourth-order valence-electron chi connectivity index (χ4n) is 3.50. The molecule has 0 radical (unpaired) electrons. The van der Waals surface area contributed by atoms with E-state index in [0.29, 0.717) is 11.5 Å². The van der Waals surface area contributed by atoms with Crippen LogP contribution in [0.3, 0.4) is 0 Å². The van der Waals surface area contributed by atoms with E-state index in [0.717, 1.165) is 38.7 Å². The summed E-state index contributed by atoms with van der Waals surface area (Å²) in [6.45, 7) is 14.7. The lowest BCUT2D eigenvalue weighted by atomic mass is 9.84. The molecule has 0 aromatic rings. The van der Waals surface area contributed by atoms with E-state index in [2.05, 4.69) is 45.0 Å². The van der Waals surface area contributed by atoms with Crippen molar-refractivity contribution in [1.29, 1.82) is 0 Å². The Hall–Kier alpha value is -0.120. The summed E-state index contributed by atoms with van der Waals surface area (Å²) in [6.07, 6.45) is 6.81. The van der Waals surface area contributed by atoms with E-state index in [9.17, 15) is 0 Å². The molecule has 1 saturated heterocycles. The Labute approximate surface area is 132 Å². The normalized spacial score (nSPS) is 22.7. The molecule has 1 heterocycles. The van der Waals surface area contributed by atoms with Gasteiger partial charge in [0.2, 0.25) is 0 Å². The van der Waals surface area contributed by atoms with E-state index in [-0.39, 0.29) is 0 Å². The number of rotatable bonds is 10. The first-order valence-electron chi connectivity index (χ1n) is 8.96. The van der Waals surface area contributed by atoms with Gasteiger partial charge in [-0.15, -0.1) is 0 Å². The largest absolute Gasteiger partial charge is 0.377 e. The number of nitrogens with zero attached hydrogens (tertiary/aromatic N) is 1. The van der Waals surface area contributed by atoms with Crippen molar-refractivity contribution in [3.63, 3.8) is 0 Å². The second-order valence-electron chi connectivity index (χ2n) is 7.77. The Kier molecular flexibility index (Phi) is 8.84. The molecule has 0 saturated carbocycles. The molecule has 0 aromatic carbocycles. The standard InChI is InChI=1S/C18H38N2O/c1-6-10-18(4,14-19-12-16(2)3)15-20(5)13-17-9-7-8-11-21-17/h16-17,19H,6-15H2,1-5H3. The summed E-state index contributed by atoms with van der Waals surface area (Å²) in [5.41, 5.74) is 0.368. The quantitative estimate of drug-likeness (QED) is 0.667. The van der Waals surface area contributed by atoms with Gasteiger partial charge in [0.05, 0.1) is 6.10 Å². The minimum atomic E-state index is 0.368. The van der Waals surface area contributed by atoms with Gasteiger partial charge in [-0.05, 0) is 50.6 Å². The number of nitrogens with one attached hydrogen (secondary N) is 1. The minimum Gasteiger partial charge on any atom is -0.377 e. The van der Waals surface area contributed by atoms with E-state index >= 15 is 0 Å². The molecule has 3 heteroatoms. The van der Waals surface area contributed by atoms with Crippen molar-refractivity contribution in [1.82, 2.24) is 10.2 Å². The molecule has 1 fully saturated rings. The molecular formula is C18H38N2O. The second-order valence-corrected chi connectivity index (χ2v) is 7.77. The highest BCUT2D eigenvalue weighted by Gasteiger charge is 2.26. The highest BCUT2D eigenvalue weighted by Crippen LogP contribution is 2.24. The fraction of sp³-hybridized carbons (Fsp3) is 1.00. The molecule has 1 aliphatic heterocycles. The first-order valence-corrected chi connectivity index (χ1v) is 8.96. The molecule has 2 atom stereocenters. The van der Waals surface area contributed by atoms with E-state index < -0.39 is 0 Å². The number of ether oxygens (including phenoxy) is 1. The lowest BCUT2D eigenvalue weighted by molar-refractivity contribution is -0.00749. The Balaban J connectivity index is 2.39. The summed E-state index contributed by atoms with van der Waals surface area (Å²) < 4.78 is 5.88. The van der Waals surface area contributed by atoms with E-state index in [1.807, 2.05) is 0 Å². The van der Waals surface area contributed by atoms with Crippen LogP contribution in [0.4, 0.5) is 0 Å². The summed E-state index contributed by atoms with van der Waals surface area (Å²) in [7, 11) is 2.26. The van der Waals surface area contributed by atoms with Crippen LogP contribution in [0.1, 0.15) is 59.8 Å². The fourth-order valence-corrected chi connectivity index (χ4v) is 3.50. The topological polar surface area (TPSA) is 24.5 Å². The van der Waals surface area contributed by atoms with Crippen molar-refractivity contribution < 1.29 is 4.74 Å². The summed E-state index contributed by atoms with van der Waals surface area (Å²) in [5, 5.41) is 3.66. The van der Waals surface area contributed by atoms with Gasteiger partial charge in [-0.3, -0.25) is 0 Å². The number of hydrogen-bond donors (Lipinski definition) is 1. The van der Waals surface area contributed by atoms with Gasteiger partial charge in [0.15, 0.2) is 0 Å². The highest BCUT2D eigenvalue weighted by atomic mass is 16.5. The van der Waals surface area contributed by atoms with E-state index in [1.54, 1.807) is 0 Å². The van der Waals surface area contributed by atoms with Gasteiger partial charge in [0.1, 0.15) is 0 Å². The Bertz CT molecular complexity index is 264. The van der Waals surface area contributed by atoms with Crippen LogP contribution in [0.15, 0.2) is 0 Å². The van der Waals surface area contributed by atoms with Crippen molar-refractivity contribution in [2.45, 2.75) is 65.9 Å². The summed E-state index contributed by atoms with van der Waals surface area (Å²) in [4.78, 5) is 2.49. The lowest BCUT2D eigenvalue weighted by Crippen LogP contribution is -2.44. The first-order chi connectivity index (χ1) is 9.95. The Morgan fingerprint density at radius 1 is 1.33 bits per heavy atom. The summed E-state index contributed by atoms with van der Waals surface area (Å²) >= 11 is 0. The average Bonchev–Trinajstić information content (AvgIpc) is 2.39. The molecule has 3 nitrogen and oxygen atoms in total. The molecule has 0 aliphatic carbocycles. The van der Waals surface area contributed by atoms with Crippen molar-refractivity contribution in [3.05, 3.63) is 0 Å². The molecule has 126 valence electrons. The maximum Gasteiger partial charge on any atom is 0.0701 e. The van der Waals surface area contributed by atoms with Gasteiger partial charge in [0.25, 0.3) is 0 Å². The van der Waals surface area contributed by atoms with Crippen LogP contribution in [0, 0.1) is 11.3 Å². The highest BCUT2D eigenvalue weighted by molar-refractivity contribution is 4.81. The molecule has 21 heavy (non-hydrogen) atoms. The van der Waals surface area contributed by atoms with Crippen molar-refractivity contribution in [2.24, 2.45) is 11.3 Å². The zero-order valence-corrected chi connectivity index (χ0v) is 15.1. The predicted octanol–water partition coefficient (Wildman–Crippen LogP) is 3.54. The molecule has 1 rings (SSSR count). The molecule has 1 aliphatic rings. The van der Waals surface area contributed by atoms with Crippen molar-refractivity contribution in [2.75, 3.05) is 39.8 Å². The maximum absolute atomic E-state index is 5.88. The summed E-state index contributed by atoms with van der Waals surface area (Å²) in [5.74, 6) is 0.726. The van der Waals surface area contributed by atoms with Gasteiger partial charge < -0.3 is 15.0 Å². The molecule has 0 aromatic heterocycles. The monoisotopic (exact) mass is 298 g/mol. The Morgan fingerprint density at radius 3 is 2.67 bits per heavy atom. The third-order valence-electron chi connectivity index (χ3n) is 4.40. The predicted molar refractivity (Wildman–Crippen MR) is 91.8 cm³/mol. The van der Waals surface area contributed by atoms with Crippen molar-refractivity contribution >= 4 is 0 Å². The van der Waals surface area contributed by atoms with Crippen LogP contribution >= 0.6 is 0 Å². The third kappa shape index (κ3) is 8.18. The third-order valence-corrected chi connectivity index (χ3v) is 4.40. The van der Waals surface area contributed by atoms with Crippen LogP contribution < -0.4 is 5.32 Å². The van der Waals surface area contributed by atoms with Crippen LogP contribution in [0.5, 0.6) is 0 Å². The molecule has 0 amide bonds. The molecule has 0 bridgehead atoms. The van der Waals surface area contributed by atoms with Gasteiger partial charge >= 0.3 is 0 Å². The number of hydrogen-bond acceptors (Lipinski definition) is 3. The maximum atomic E-state index is 5.88.